The molecule has 0 saturated heterocycles. The van der Waals surface area contributed by atoms with Gasteiger partial charge in [-0.05, 0) is 26.2 Å². The molecular formula is C14H23NOS. The average Bonchev–Trinajstić information content (AvgIpc) is 2.71. The van der Waals surface area contributed by atoms with E-state index in [1.54, 1.807) is 0 Å². The van der Waals surface area contributed by atoms with Crippen molar-refractivity contribution in [3.8, 4) is 0 Å². The number of hydrogen-bond donors (Lipinski definition) is 0. The van der Waals surface area contributed by atoms with Crippen LogP contribution in [0.15, 0.2) is 6.20 Å². The van der Waals surface area contributed by atoms with Gasteiger partial charge in [-0.25, -0.2) is 4.98 Å². The Balaban J connectivity index is 2.24. The summed E-state index contributed by atoms with van der Waals surface area (Å²) in [6.45, 7) is 5.08. The Morgan fingerprint density at radius 3 is 2.47 bits per heavy atom. The minimum Gasteiger partial charge on any atom is -0.368 e. The molecule has 1 aliphatic carbocycles. The first-order valence-electron chi connectivity index (χ1n) is 6.90. The zero-order chi connectivity index (χ0) is 12.1. The van der Waals surface area contributed by atoms with Gasteiger partial charge in [0.2, 0.25) is 0 Å². The molecule has 0 amide bonds. The Kier molecular flexibility index (Phi) is 4.57. The van der Waals surface area contributed by atoms with Gasteiger partial charge in [0.25, 0.3) is 0 Å². The molecule has 0 atom stereocenters. The molecule has 0 aromatic carbocycles. The van der Waals surface area contributed by atoms with Crippen LogP contribution in [0.25, 0.3) is 0 Å². The fourth-order valence-electron chi connectivity index (χ4n) is 2.68. The lowest BCUT2D eigenvalue weighted by Crippen LogP contribution is -2.29. The van der Waals surface area contributed by atoms with E-state index in [1.165, 1.54) is 35.6 Å². The highest BCUT2D eigenvalue weighted by atomic mass is 32.1. The summed E-state index contributed by atoms with van der Waals surface area (Å²) in [6, 6.07) is 0. The number of aromatic nitrogens is 1. The maximum Gasteiger partial charge on any atom is 0.125 e. The summed E-state index contributed by atoms with van der Waals surface area (Å²) in [6.07, 6.45) is 10.7. The second-order valence-electron chi connectivity index (χ2n) is 4.83. The van der Waals surface area contributed by atoms with Gasteiger partial charge in [-0.2, -0.15) is 0 Å². The van der Waals surface area contributed by atoms with E-state index in [1.807, 2.05) is 17.5 Å². The van der Waals surface area contributed by atoms with Crippen molar-refractivity contribution in [3.05, 3.63) is 16.1 Å². The Morgan fingerprint density at radius 2 is 1.94 bits per heavy atom. The van der Waals surface area contributed by atoms with Crippen molar-refractivity contribution in [1.29, 1.82) is 0 Å². The van der Waals surface area contributed by atoms with Gasteiger partial charge >= 0.3 is 0 Å². The van der Waals surface area contributed by atoms with Gasteiger partial charge in [-0.15, -0.1) is 11.3 Å². The molecule has 1 aromatic rings. The van der Waals surface area contributed by atoms with Crippen LogP contribution in [0.1, 0.15) is 62.3 Å². The van der Waals surface area contributed by atoms with Gasteiger partial charge in [-0.1, -0.05) is 32.6 Å². The minimum absolute atomic E-state index is 0.0661. The lowest BCUT2D eigenvalue weighted by atomic mass is 9.95. The van der Waals surface area contributed by atoms with Crippen molar-refractivity contribution < 1.29 is 4.74 Å². The van der Waals surface area contributed by atoms with E-state index in [2.05, 4.69) is 18.8 Å². The molecule has 1 saturated carbocycles. The first kappa shape index (κ1) is 13.0. The monoisotopic (exact) mass is 253 g/mol. The number of hydrogen-bond acceptors (Lipinski definition) is 3. The van der Waals surface area contributed by atoms with Crippen LogP contribution in [0.5, 0.6) is 0 Å². The Bertz CT molecular complexity index is 340. The summed E-state index contributed by atoms with van der Waals surface area (Å²) in [5, 5.41) is 1.22. The second kappa shape index (κ2) is 5.96. The summed E-state index contributed by atoms with van der Waals surface area (Å²) in [5.41, 5.74) is -0.0661. The van der Waals surface area contributed by atoms with E-state index in [9.17, 15) is 0 Å². The zero-order valence-electron chi connectivity index (χ0n) is 11.0. The van der Waals surface area contributed by atoms with E-state index in [4.69, 9.17) is 4.74 Å². The van der Waals surface area contributed by atoms with Crippen molar-refractivity contribution in [3.63, 3.8) is 0 Å². The molecule has 96 valence electrons. The minimum atomic E-state index is -0.0661. The third-order valence-corrected chi connectivity index (χ3v) is 4.95. The molecule has 0 radical (unpaired) electrons. The van der Waals surface area contributed by atoms with Gasteiger partial charge in [0.05, 0.1) is 0 Å². The average molecular weight is 253 g/mol. The molecule has 0 spiro atoms. The van der Waals surface area contributed by atoms with Crippen molar-refractivity contribution in [2.24, 2.45) is 0 Å². The Labute approximate surface area is 108 Å². The first-order chi connectivity index (χ1) is 8.30. The molecule has 0 unspecified atom stereocenters. The van der Waals surface area contributed by atoms with Crippen molar-refractivity contribution in [2.75, 3.05) is 6.61 Å². The second-order valence-corrected chi connectivity index (χ2v) is 5.94. The molecule has 3 heteroatoms. The van der Waals surface area contributed by atoms with Crippen LogP contribution in [-0.4, -0.2) is 11.6 Å². The summed E-state index contributed by atoms with van der Waals surface area (Å²) in [7, 11) is 0. The van der Waals surface area contributed by atoms with Crippen LogP contribution in [0.2, 0.25) is 0 Å². The van der Waals surface area contributed by atoms with Gasteiger partial charge in [0.1, 0.15) is 10.6 Å². The fourth-order valence-corrected chi connectivity index (χ4v) is 3.73. The normalized spacial score (nSPS) is 20.1. The SMILES string of the molecule is CCOC1(c2ncc(CC)s2)CCCCCC1. The molecule has 1 aliphatic rings. The molecule has 1 heterocycles. The third kappa shape index (κ3) is 2.89. The van der Waals surface area contributed by atoms with Gasteiger partial charge in [-0.3, -0.25) is 0 Å². The van der Waals surface area contributed by atoms with E-state index in [-0.39, 0.29) is 5.60 Å². The van der Waals surface area contributed by atoms with Crippen molar-refractivity contribution >= 4 is 11.3 Å². The van der Waals surface area contributed by atoms with Crippen LogP contribution in [-0.2, 0) is 16.8 Å². The maximum atomic E-state index is 6.14. The number of ether oxygens (including phenoxy) is 1. The fraction of sp³-hybridized carbons (Fsp3) is 0.786. The van der Waals surface area contributed by atoms with Crippen LogP contribution in [0.4, 0.5) is 0 Å². The predicted molar refractivity (Wildman–Crippen MR) is 72.5 cm³/mol. The molecule has 0 N–H and O–H groups in total. The number of nitrogens with zero attached hydrogens (tertiary/aromatic N) is 1. The predicted octanol–water partition coefficient (Wildman–Crippen LogP) is 4.29. The molecule has 17 heavy (non-hydrogen) atoms. The van der Waals surface area contributed by atoms with E-state index >= 15 is 0 Å². The van der Waals surface area contributed by atoms with Crippen LogP contribution in [0, 0.1) is 0 Å². The molecule has 2 rings (SSSR count). The van der Waals surface area contributed by atoms with Crippen LogP contribution >= 0.6 is 11.3 Å². The number of thiazole rings is 1. The summed E-state index contributed by atoms with van der Waals surface area (Å²) >= 11 is 1.85. The van der Waals surface area contributed by atoms with E-state index < -0.39 is 0 Å². The standard InChI is InChI=1S/C14H23NOS/c1-3-12-11-15-13(17-12)14(16-4-2)9-7-5-6-8-10-14/h11H,3-10H2,1-2H3. The third-order valence-electron chi connectivity index (χ3n) is 3.62. The quantitative estimate of drug-likeness (QED) is 0.747. The van der Waals surface area contributed by atoms with Crippen molar-refractivity contribution in [2.45, 2.75) is 64.4 Å². The van der Waals surface area contributed by atoms with Gasteiger partial charge < -0.3 is 4.74 Å². The highest BCUT2D eigenvalue weighted by Gasteiger charge is 2.36. The highest BCUT2D eigenvalue weighted by Crippen LogP contribution is 2.41. The summed E-state index contributed by atoms with van der Waals surface area (Å²) < 4.78 is 6.14. The van der Waals surface area contributed by atoms with Gasteiger partial charge in [0, 0.05) is 17.7 Å². The number of rotatable bonds is 4. The lowest BCUT2D eigenvalue weighted by Gasteiger charge is -2.30. The van der Waals surface area contributed by atoms with Gasteiger partial charge in [0.15, 0.2) is 0 Å². The molecular weight excluding hydrogens is 230 g/mol. The highest BCUT2D eigenvalue weighted by molar-refractivity contribution is 7.11. The lowest BCUT2D eigenvalue weighted by molar-refractivity contribution is -0.0559. The molecule has 2 nitrogen and oxygen atoms in total. The van der Waals surface area contributed by atoms with Crippen LogP contribution < -0.4 is 0 Å². The topological polar surface area (TPSA) is 22.1 Å². The zero-order valence-corrected chi connectivity index (χ0v) is 11.8. The summed E-state index contributed by atoms with van der Waals surface area (Å²) in [4.78, 5) is 6.01. The van der Waals surface area contributed by atoms with E-state index in [0.717, 1.165) is 25.9 Å². The molecule has 0 aliphatic heterocycles. The van der Waals surface area contributed by atoms with Crippen molar-refractivity contribution in [1.82, 2.24) is 4.98 Å². The molecule has 0 bridgehead atoms. The largest absolute Gasteiger partial charge is 0.368 e. The number of aryl methyl sites for hydroxylation is 1. The summed E-state index contributed by atoms with van der Waals surface area (Å²) in [5.74, 6) is 0. The molecule has 1 fully saturated rings. The Hall–Kier alpha value is -0.410. The van der Waals surface area contributed by atoms with E-state index in [0.29, 0.717) is 0 Å². The maximum absolute atomic E-state index is 6.14. The van der Waals surface area contributed by atoms with Crippen LogP contribution in [0.3, 0.4) is 0 Å². The first-order valence-corrected chi connectivity index (χ1v) is 7.71. The molecule has 1 aromatic heterocycles. The Morgan fingerprint density at radius 1 is 1.24 bits per heavy atom. The smallest absolute Gasteiger partial charge is 0.125 e.